The van der Waals surface area contributed by atoms with Crippen LogP contribution in [0, 0.1) is 49.4 Å². The van der Waals surface area contributed by atoms with Crippen molar-refractivity contribution in [2.45, 2.75) is 0 Å². The first-order valence-electron chi connectivity index (χ1n) is 1.28. The molecule has 0 N–H and O–H groups in total. The van der Waals surface area contributed by atoms with E-state index >= 15 is 0 Å². The van der Waals surface area contributed by atoms with Gasteiger partial charge in [0.15, 0.2) is 0 Å². The van der Waals surface area contributed by atoms with Gasteiger partial charge in [-0.2, -0.15) is 15.5 Å². The maximum atomic E-state index is 7.13. The molecule has 0 aliphatic carbocycles. The SMILES string of the molecule is [Eu+3].[N-]=C=S.[N-]=C=S.[N-]=C=S. The van der Waals surface area contributed by atoms with Crippen LogP contribution in [0.3, 0.4) is 0 Å². The Bertz CT molecular complexity index is 111. The number of hydrogen-bond donors (Lipinski definition) is 0. The molecule has 3 nitrogen and oxygen atoms in total. The molecule has 0 amide bonds. The van der Waals surface area contributed by atoms with Gasteiger partial charge in [-0.25, -0.2) is 0 Å². The van der Waals surface area contributed by atoms with E-state index in [1.165, 1.54) is 15.5 Å². The summed E-state index contributed by atoms with van der Waals surface area (Å²) in [6.45, 7) is 0. The third-order valence-electron chi connectivity index (χ3n) is 0. The van der Waals surface area contributed by atoms with Gasteiger partial charge in [-0.3, -0.25) is 0 Å². The predicted molar refractivity (Wildman–Crippen MR) is 47.9 cm³/mol. The standard InChI is InChI=1S/3CNS.Eu/c3*2-1-3;/q3*-1;+3. The molecule has 10 heavy (non-hydrogen) atoms. The Labute approximate surface area is 116 Å². The summed E-state index contributed by atoms with van der Waals surface area (Å²) in [7, 11) is 0. The van der Waals surface area contributed by atoms with Crippen molar-refractivity contribution in [2.24, 2.45) is 0 Å². The van der Waals surface area contributed by atoms with Crippen LogP contribution in [-0.4, -0.2) is 15.5 Å². The molecule has 0 rings (SSSR count). The molecular weight excluding hydrogens is 326 g/mol. The third kappa shape index (κ3) is 591. The van der Waals surface area contributed by atoms with Gasteiger partial charge in [0.25, 0.3) is 0 Å². The van der Waals surface area contributed by atoms with Crippen LogP contribution in [0.1, 0.15) is 0 Å². The number of hydrogen-bond acceptors (Lipinski definition) is 3. The van der Waals surface area contributed by atoms with Crippen molar-refractivity contribution in [1.29, 1.82) is 0 Å². The number of rotatable bonds is 0. The largest absolute Gasteiger partial charge is 3.00 e. The Morgan fingerprint density at radius 2 is 0.700 bits per heavy atom. The van der Waals surface area contributed by atoms with Gasteiger partial charge in [-0.05, 0) is 0 Å². The second-order valence-electron chi connectivity index (χ2n) is 0.274. The molecule has 0 saturated carbocycles. The summed E-state index contributed by atoms with van der Waals surface area (Å²) in [5, 5.41) is 25.4. The van der Waals surface area contributed by atoms with Crippen LogP contribution in [0.4, 0.5) is 0 Å². The molecule has 0 saturated heterocycles. The summed E-state index contributed by atoms with van der Waals surface area (Å²) in [5.74, 6) is 0. The van der Waals surface area contributed by atoms with Crippen LogP contribution in [-0.2, 0) is 0 Å². The van der Waals surface area contributed by atoms with Crippen molar-refractivity contribution in [3.8, 4) is 0 Å². The summed E-state index contributed by atoms with van der Waals surface area (Å²) in [4.78, 5) is 0. The van der Waals surface area contributed by atoms with Gasteiger partial charge >= 0.3 is 49.4 Å². The quantitative estimate of drug-likeness (QED) is 0.505. The molecule has 0 bridgehead atoms. The second kappa shape index (κ2) is 50.8. The Morgan fingerprint density at radius 1 is 0.700 bits per heavy atom. The summed E-state index contributed by atoms with van der Waals surface area (Å²) in [6.07, 6.45) is 0. The van der Waals surface area contributed by atoms with Crippen LogP contribution in [0.25, 0.3) is 16.2 Å². The minimum atomic E-state index is 0. The van der Waals surface area contributed by atoms with Crippen molar-refractivity contribution in [2.75, 3.05) is 0 Å². The van der Waals surface area contributed by atoms with E-state index in [2.05, 4.69) is 36.7 Å². The van der Waals surface area contributed by atoms with Gasteiger partial charge in [0.1, 0.15) is 0 Å². The Hall–Kier alpha value is 0.984. The van der Waals surface area contributed by atoms with Gasteiger partial charge in [-0.15, -0.1) is 0 Å². The summed E-state index contributed by atoms with van der Waals surface area (Å²) in [5.41, 5.74) is 0. The number of isothiocyanates is 3. The normalized spacial score (nSPS) is 2.40. The summed E-state index contributed by atoms with van der Waals surface area (Å²) >= 11 is 11.1. The molecule has 0 aliphatic rings. The van der Waals surface area contributed by atoms with E-state index in [9.17, 15) is 0 Å². The van der Waals surface area contributed by atoms with Crippen molar-refractivity contribution >= 4 is 52.1 Å². The third-order valence-corrected chi connectivity index (χ3v) is 0. The molecule has 52 valence electrons. The van der Waals surface area contributed by atoms with E-state index in [1.807, 2.05) is 0 Å². The van der Waals surface area contributed by atoms with E-state index in [-0.39, 0.29) is 49.4 Å². The van der Waals surface area contributed by atoms with E-state index in [0.717, 1.165) is 0 Å². The van der Waals surface area contributed by atoms with E-state index in [4.69, 9.17) is 16.2 Å². The monoisotopic (exact) mass is 327 g/mol. The smallest absolute Gasteiger partial charge is 0.753 e. The van der Waals surface area contributed by atoms with Crippen LogP contribution < -0.4 is 0 Å². The molecule has 0 aromatic rings. The topological polar surface area (TPSA) is 66.9 Å². The van der Waals surface area contributed by atoms with Crippen molar-refractivity contribution in [1.82, 2.24) is 0 Å². The van der Waals surface area contributed by atoms with Crippen molar-refractivity contribution in [3.63, 3.8) is 0 Å². The molecule has 0 aromatic carbocycles. The van der Waals surface area contributed by atoms with Gasteiger partial charge in [0.2, 0.25) is 0 Å². The summed E-state index contributed by atoms with van der Waals surface area (Å²) in [6, 6.07) is 0. The molecule has 0 aliphatic heterocycles. The number of thiocarbonyl (C=S) groups is 3. The zero-order valence-electron chi connectivity index (χ0n) is 4.44. The maximum absolute atomic E-state index is 7.13. The van der Waals surface area contributed by atoms with E-state index in [0.29, 0.717) is 0 Å². The summed E-state index contributed by atoms with van der Waals surface area (Å²) < 4.78 is 0. The van der Waals surface area contributed by atoms with Gasteiger partial charge in [0.05, 0.1) is 0 Å². The molecule has 0 unspecified atom stereocenters. The first-order chi connectivity index (χ1) is 4.24. The van der Waals surface area contributed by atoms with Gasteiger partial charge < -0.3 is 16.2 Å². The fraction of sp³-hybridized carbons (Fsp3) is 0. The Kier molecular flexibility index (Phi) is 114. The zero-order chi connectivity index (χ0) is 8.12. The molecule has 0 radical (unpaired) electrons. The fourth-order valence-corrected chi connectivity index (χ4v) is 0. The Balaban J connectivity index is -0.0000000257. The van der Waals surface area contributed by atoms with Crippen molar-refractivity contribution < 1.29 is 49.4 Å². The average Bonchev–Trinajstić information content (AvgIpc) is 1.70. The predicted octanol–water partition coefficient (Wildman–Crippen LogP) is 1.98. The van der Waals surface area contributed by atoms with E-state index < -0.39 is 0 Å². The first-order valence-corrected chi connectivity index (χ1v) is 2.51. The fourth-order valence-electron chi connectivity index (χ4n) is 0. The van der Waals surface area contributed by atoms with Crippen LogP contribution in [0.5, 0.6) is 0 Å². The molecule has 0 spiro atoms. The van der Waals surface area contributed by atoms with E-state index in [1.54, 1.807) is 0 Å². The van der Waals surface area contributed by atoms with Gasteiger partial charge in [-0.1, -0.05) is 36.7 Å². The minimum absolute atomic E-state index is 0. The molecule has 0 aromatic heterocycles. The number of nitrogens with zero attached hydrogens (tertiary/aromatic N) is 3. The second-order valence-corrected chi connectivity index (χ2v) is 0.822. The van der Waals surface area contributed by atoms with Gasteiger partial charge in [0, 0.05) is 0 Å². The molecule has 0 fully saturated rings. The first kappa shape index (κ1) is 22.4. The maximum Gasteiger partial charge on any atom is 3.00 e. The molecular formula is C3EuN3S3. The minimum Gasteiger partial charge on any atom is -0.753 e. The van der Waals surface area contributed by atoms with Crippen LogP contribution in [0.15, 0.2) is 0 Å². The average molecular weight is 326 g/mol. The zero-order valence-corrected chi connectivity index (χ0v) is 9.32. The molecule has 7 heteroatoms. The Morgan fingerprint density at radius 3 is 0.700 bits per heavy atom. The van der Waals surface area contributed by atoms with Crippen molar-refractivity contribution in [3.05, 3.63) is 16.2 Å². The molecule has 0 atom stereocenters. The molecule has 0 heterocycles. The van der Waals surface area contributed by atoms with Crippen LogP contribution in [0.2, 0.25) is 0 Å². The van der Waals surface area contributed by atoms with Crippen LogP contribution >= 0.6 is 36.7 Å².